The minimum atomic E-state index is -0.263. The van der Waals surface area contributed by atoms with Gasteiger partial charge in [-0.25, -0.2) is 9.50 Å². The molecular formula is C20H19N5O. The monoisotopic (exact) mass is 345 g/mol. The molecule has 4 heterocycles. The minimum Gasteiger partial charge on any atom is -0.391 e. The highest BCUT2D eigenvalue weighted by molar-refractivity contribution is 5.79. The molecule has 1 aliphatic rings. The summed E-state index contributed by atoms with van der Waals surface area (Å²) in [5.74, 6) is 0.885. The zero-order valence-electron chi connectivity index (χ0n) is 14.3. The third kappa shape index (κ3) is 2.68. The van der Waals surface area contributed by atoms with E-state index in [4.69, 9.17) is 5.10 Å². The van der Waals surface area contributed by atoms with E-state index < -0.39 is 0 Å². The molecule has 0 radical (unpaired) electrons. The van der Waals surface area contributed by atoms with Crippen LogP contribution in [0.15, 0.2) is 54.9 Å². The lowest BCUT2D eigenvalue weighted by Crippen LogP contribution is -2.23. The van der Waals surface area contributed by atoms with Gasteiger partial charge in [0.2, 0.25) is 0 Å². The van der Waals surface area contributed by atoms with Crippen molar-refractivity contribution < 1.29 is 5.11 Å². The van der Waals surface area contributed by atoms with E-state index >= 15 is 0 Å². The molecule has 0 saturated carbocycles. The number of rotatable bonds is 3. The third-order valence-electron chi connectivity index (χ3n) is 4.96. The van der Waals surface area contributed by atoms with Crippen molar-refractivity contribution in [1.29, 1.82) is 0 Å². The molecule has 0 amide bonds. The first-order valence-electron chi connectivity index (χ1n) is 8.87. The second-order valence-electron chi connectivity index (χ2n) is 6.81. The van der Waals surface area contributed by atoms with E-state index in [1.807, 2.05) is 35.1 Å². The summed E-state index contributed by atoms with van der Waals surface area (Å²) in [6.07, 6.45) is 4.99. The Balaban J connectivity index is 1.49. The molecule has 1 fully saturated rings. The van der Waals surface area contributed by atoms with Gasteiger partial charge in [0.05, 0.1) is 23.5 Å². The van der Waals surface area contributed by atoms with E-state index in [1.54, 1.807) is 0 Å². The van der Waals surface area contributed by atoms with Crippen molar-refractivity contribution in [3.63, 3.8) is 0 Å². The van der Waals surface area contributed by atoms with Gasteiger partial charge in [0, 0.05) is 31.1 Å². The van der Waals surface area contributed by atoms with E-state index in [0.29, 0.717) is 6.54 Å². The van der Waals surface area contributed by atoms with Crippen molar-refractivity contribution in [2.45, 2.75) is 18.9 Å². The zero-order valence-corrected chi connectivity index (χ0v) is 14.3. The molecule has 3 aromatic heterocycles. The molecule has 26 heavy (non-hydrogen) atoms. The second-order valence-corrected chi connectivity index (χ2v) is 6.81. The molecule has 0 unspecified atom stereocenters. The lowest BCUT2D eigenvalue weighted by Gasteiger charge is -2.16. The van der Waals surface area contributed by atoms with Crippen LogP contribution in [0.3, 0.4) is 0 Å². The number of fused-ring (bicyclic) bond motifs is 2. The molecule has 5 rings (SSSR count). The van der Waals surface area contributed by atoms with Crippen LogP contribution in [-0.4, -0.2) is 43.9 Å². The van der Waals surface area contributed by atoms with Crippen LogP contribution in [0.1, 0.15) is 17.7 Å². The first-order chi connectivity index (χ1) is 12.8. The molecule has 0 bridgehead atoms. The van der Waals surface area contributed by atoms with Crippen molar-refractivity contribution in [2.24, 2.45) is 0 Å². The summed E-state index contributed by atoms with van der Waals surface area (Å²) in [7, 11) is 0. The Morgan fingerprint density at radius 3 is 2.96 bits per heavy atom. The number of nitrogens with zero attached hydrogens (tertiary/aromatic N) is 5. The Bertz CT molecular complexity index is 1090. The summed E-state index contributed by atoms with van der Waals surface area (Å²) in [6, 6.07) is 14.3. The largest absolute Gasteiger partial charge is 0.391 e. The minimum absolute atomic E-state index is 0.263. The number of aliphatic hydroxyl groups is 1. The van der Waals surface area contributed by atoms with Crippen molar-refractivity contribution in [3.8, 4) is 0 Å². The third-order valence-corrected chi connectivity index (χ3v) is 4.96. The van der Waals surface area contributed by atoms with Crippen LogP contribution in [0.25, 0.3) is 16.6 Å². The molecule has 0 aliphatic carbocycles. The van der Waals surface area contributed by atoms with Crippen LogP contribution in [0.5, 0.6) is 0 Å². The van der Waals surface area contributed by atoms with E-state index in [2.05, 4.69) is 39.1 Å². The van der Waals surface area contributed by atoms with Gasteiger partial charge in [0.1, 0.15) is 5.82 Å². The van der Waals surface area contributed by atoms with Crippen molar-refractivity contribution in [3.05, 3.63) is 66.1 Å². The predicted octanol–water partition coefficient (Wildman–Crippen LogP) is 2.44. The molecule has 6 heteroatoms. The summed E-state index contributed by atoms with van der Waals surface area (Å²) in [4.78, 5) is 11.0. The Morgan fingerprint density at radius 1 is 1.12 bits per heavy atom. The standard InChI is InChI=1S/C20H19N5O/c26-17-7-9-24(13-17)20-6-5-19-22-12-16(25(19)23-20)11-14-3-4-18-15(10-14)2-1-8-21-18/h1-6,8,10,12,17,26H,7,9,11,13H2/t17-/m1/s1. The maximum Gasteiger partial charge on any atom is 0.153 e. The Kier molecular flexibility index (Phi) is 3.57. The van der Waals surface area contributed by atoms with Crippen molar-refractivity contribution in [2.75, 3.05) is 18.0 Å². The molecule has 1 saturated heterocycles. The number of aliphatic hydroxyl groups excluding tert-OH is 1. The van der Waals surface area contributed by atoms with Gasteiger partial charge in [-0.2, -0.15) is 0 Å². The molecule has 1 N–H and O–H groups in total. The van der Waals surface area contributed by atoms with Crippen molar-refractivity contribution in [1.82, 2.24) is 19.6 Å². The van der Waals surface area contributed by atoms with Crippen LogP contribution in [-0.2, 0) is 6.42 Å². The van der Waals surface area contributed by atoms with Crippen LogP contribution in [0.2, 0.25) is 0 Å². The molecule has 6 nitrogen and oxygen atoms in total. The number of hydrogen-bond donors (Lipinski definition) is 1. The highest BCUT2D eigenvalue weighted by atomic mass is 16.3. The van der Waals surface area contributed by atoms with Gasteiger partial charge in [-0.15, -0.1) is 5.10 Å². The maximum absolute atomic E-state index is 9.78. The van der Waals surface area contributed by atoms with Gasteiger partial charge in [0.15, 0.2) is 5.65 Å². The van der Waals surface area contributed by atoms with Gasteiger partial charge >= 0.3 is 0 Å². The summed E-state index contributed by atoms with van der Waals surface area (Å²) in [5, 5.41) is 15.7. The molecule has 130 valence electrons. The lowest BCUT2D eigenvalue weighted by atomic mass is 10.1. The fraction of sp³-hybridized carbons (Fsp3) is 0.250. The van der Waals surface area contributed by atoms with Crippen LogP contribution in [0.4, 0.5) is 5.82 Å². The van der Waals surface area contributed by atoms with Gasteiger partial charge in [0.25, 0.3) is 0 Å². The smallest absolute Gasteiger partial charge is 0.153 e. The second kappa shape index (κ2) is 6.07. The number of β-amino-alcohol motifs (C(OH)–C–C–N with tert-alkyl or cyclic N) is 1. The Labute approximate surface area is 150 Å². The van der Waals surface area contributed by atoms with Crippen LogP contribution in [0, 0.1) is 0 Å². The normalized spacial score (nSPS) is 17.4. The molecule has 0 spiro atoms. The molecular weight excluding hydrogens is 326 g/mol. The maximum atomic E-state index is 9.78. The van der Waals surface area contributed by atoms with E-state index in [1.165, 1.54) is 5.56 Å². The number of pyridine rings is 1. The lowest BCUT2D eigenvalue weighted by molar-refractivity contribution is 0.198. The number of benzene rings is 1. The zero-order chi connectivity index (χ0) is 17.5. The summed E-state index contributed by atoms with van der Waals surface area (Å²) < 4.78 is 1.91. The topological polar surface area (TPSA) is 66.5 Å². The SMILES string of the molecule is O[C@@H]1CCN(c2ccc3ncc(Cc4ccc5ncccc5c4)n3n2)C1. The summed E-state index contributed by atoms with van der Waals surface area (Å²) in [5.41, 5.74) is 4.09. The van der Waals surface area contributed by atoms with Crippen molar-refractivity contribution >= 4 is 22.4 Å². The molecule has 1 aliphatic heterocycles. The fourth-order valence-electron chi connectivity index (χ4n) is 3.59. The van der Waals surface area contributed by atoms with E-state index in [9.17, 15) is 5.11 Å². The highest BCUT2D eigenvalue weighted by Gasteiger charge is 2.22. The fourth-order valence-corrected chi connectivity index (χ4v) is 3.59. The Hall–Kier alpha value is -2.99. The number of imidazole rings is 1. The van der Waals surface area contributed by atoms with Gasteiger partial charge in [-0.05, 0) is 42.3 Å². The van der Waals surface area contributed by atoms with E-state index in [-0.39, 0.29) is 6.10 Å². The average Bonchev–Trinajstić information content (AvgIpc) is 3.28. The quantitative estimate of drug-likeness (QED) is 0.618. The highest BCUT2D eigenvalue weighted by Crippen LogP contribution is 2.21. The molecule has 1 atom stereocenters. The van der Waals surface area contributed by atoms with Gasteiger partial charge in [-0.1, -0.05) is 12.1 Å². The summed E-state index contributed by atoms with van der Waals surface area (Å²) >= 11 is 0. The number of anilines is 1. The van der Waals surface area contributed by atoms with Crippen LogP contribution < -0.4 is 4.90 Å². The molecule has 4 aromatic rings. The Morgan fingerprint density at radius 2 is 2.08 bits per heavy atom. The first kappa shape index (κ1) is 15.3. The van der Waals surface area contributed by atoms with E-state index in [0.717, 1.165) is 47.4 Å². The van der Waals surface area contributed by atoms with Gasteiger partial charge < -0.3 is 10.0 Å². The number of aromatic nitrogens is 4. The summed E-state index contributed by atoms with van der Waals surface area (Å²) in [6.45, 7) is 1.47. The first-order valence-corrected chi connectivity index (χ1v) is 8.87. The molecule has 1 aromatic carbocycles. The predicted molar refractivity (Wildman–Crippen MR) is 100 cm³/mol. The average molecular weight is 345 g/mol. The van der Waals surface area contributed by atoms with Gasteiger partial charge in [-0.3, -0.25) is 4.98 Å². The van der Waals surface area contributed by atoms with Crippen LogP contribution >= 0.6 is 0 Å². The number of hydrogen-bond acceptors (Lipinski definition) is 5.